The number of nitrogens with zero attached hydrogens (tertiary/aromatic N) is 4. The highest BCUT2D eigenvalue weighted by atomic mass is 16.5. The number of nitrogens with one attached hydrogen (secondary N) is 1. The average Bonchev–Trinajstić information content (AvgIpc) is 3.40. The number of aromatic amines is 1. The molecule has 4 heterocycles. The number of H-pyrrole nitrogens is 1. The third-order valence-electron chi connectivity index (χ3n) is 8.18. The summed E-state index contributed by atoms with van der Waals surface area (Å²) in [6.07, 6.45) is 3.02. The standard InChI is InChI=1S/C29H37N5O5/c35-24-10-16-34(27(37)26-22-8-1-2-9-23(22)31-32-26)15-6-4-11-29(28(38)39-20-25(24)36)12-17-33(18-13-29)19-21-7-3-5-14-30-21/h1-3,5,7-9,14,24-25,35-36H,4,6,10-13,15-20H2,(H,31,32)/t24-,25+/m0/s1. The molecule has 0 radical (unpaired) electrons. The Labute approximate surface area is 228 Å². The molecule has 2 atom stereocenters. The number of likely N-dealkylation sites (tertiary alicyclic amines) is 1. The topological polar surface area (TPSA) is 132 Å². The van der Waals surface area contributed by atoms with Gasteiger partial charge >= 0.3 is 5.97 Å². The molecule has 0 aliphatic carbocycles. The van der Waals surface area contributed by atoms with Gasteiger partial charge < -0.3 is 19.8 Å². The zero-order valence-corrected chi connectivity index (χ0v) is 22.2. The highest BCUT2D eigenvalue weighted by molar-refractivity contribution is 6.04. The number of aliphatic hydroxyl groups excluding tert-OH is 2. The maximum absolute atomic E-state index is 13.5. The van der Waals surface area contributed by atoms with Crippen LogP contribution in [-0.4, -0.2) is 92.1 Å². The molecule has 1 amide bonds. The maximum atomic E-state index is 13.5. The number of aliphatic hydroxyl groups is 2. The van der Waals surface area contributed by atoms with Crippen molar-refractivity contribution in [3.8, 4) is 0 Å². The number of hydrogen-bond acceptors (Lipinski definition) is 8. The molecular weight excluding hydrogens is 498 g/mol. The summed E-state index contributed by atoms with van der Waals surface area (Å²) in [6, 6.07) is 13.4. The lowest BCUT2D eigenvalue weighted by atomic mass is 9.74. The van der Waals surface area contributed by atoms with E-state index in [0.717, 1.165) is 42.7 Å². The van der Waals surface area contributed by atoms with Gasteiger partial charge in [0.25, 0.3) is 5.91 Å². The maximum Gasteiger partial charge on any atom is 0.312 e. The molecule has 208 valence electrons. The van der Waals surface area contributed by atoms with Crippen LogP contribution in [0, 0.1) is 5.41 Å². The Morgan fingerprint density at radius 1 is 1.00 bits per heavy atom. The summed E-state index contributed by atoms with van der Waals surface area (Å²) in [5, 5.41) is 29.0. The van der Waals surface area contributed by atoms with E-state index in [2.05, 4.69) is 20.1 Å². The molecule has 3 aromatic rings. The van der Waals surface area contributed by atoms with Crippen LogP contribution < -0.4 is 0 Å². The van der Waals surface area contributed by atoms with Crippen LogP contribution >= 0.6 is 0 Å². The Hall–Kier alpha value is -3.34. The van der Waals surface area contributed by atoms with Gasteiger partial charge in [-0.05, 0) is 63.4 Å². The van der Waals surface area contributed by atoms with Gasteiger partial charge in [-0.3, -0.25) is 24.6 Å². The lowest BCUT2D eigenvalue weighted by Crippen LogP contribution is -2.46. The summed E-state index contributed by atoms with van der Waals surface area (Å²) in [5.74, 6) is -0.518. The average molecular weight is 536 g/mol. The first-order valence-electron chi connectivity index (χ1n) is 13.8. The van der Waals surface area contributed by atoms with Crippen LogP contribution in [0.4, 0.5) is 0 Å². The third-order valence-corrected chi connectivity index (χ3v) is 8.18. The fourth-order valence-electron chi connectivity index (χ4n) is 5.68. The van der Waals surface area contributed by atoms with Gasteiger partial charge in [0.15, 0.2) is 5.69 Å². The van der Waals surface area contributed by atoms with E-state index in [4.69, 9.17) is 4.74 Å². The Morgan fingerprint density at radius 2 is 1.79 bits per heavy atom. The number of ether oxygens (including phenoxy) is 1. The molecule has 3 N–H and O–H groups in total. The van der Waals surface area contributed by atoms with Crippen molar-refractivity contribution in [2.75, 3.05) is 32.8 Å². The molecule has 2 aromatic heterocycles. The number of esters is 1. The molecule has 2 saturated heterocycles. The Balaban J connectivity index is 1.28. The van der Waals surface area contributed by atoms with Crippen molar-refractivity contribution >= 4 is 22.8 Å². The number of para-hydroxylation sites is 1. The number of fused-ring (bicyclic) bond motifs is 1. The molecule has 0 unspecified atom stereocenters. The SMILES string of the molecule is O=C(c1n[nH]c2ccccc12)N1CCCCC2(CCN(Cc3ccccn3)CC2)C(=O)OC[C@@H](O)[C@@H](O)CC1. The number of carbonyl (C=O) groups excluding carboxylic acids is 2. The second-order valence-corrected chi connectivity index (χ2v) is 10.8. The van der Waals surface area contributed by atoms with Gasteiger partial charge in [0, 0.05) is 31.2 Å². The third kappa shape index (κ3) is 6.29. The number of piperidine rings is 1. The monoisotopic (exact) mass is 535 g/mol. The molecule has 2 fully saturated rings. The van der Waals surface area contributed by atoms with Crippen molar-refractivity contribution in [2.24, 2.45) is 5.41 Å². The van der Waals surface area contributed by atoms with Gasteiger partial charge in [-0.25, -0.2) is 0 Å². The first kappa shape index (κ1) is 27.2. The Morgan fingerprint density at radius 3 is 2.59 bits per heavy atom. The summed E-state index contributed by atoms with van der Waals surface area (Å²) in [6.45, 7) is 2.69. The molecule has 1 aromatic carbocycles. The van der Waals surface area contributed by atoms with Gasteiger partial charge in [0.05, 0.1) is 22.7 Å². The lowest BCUT2D eigenvalue weighted by Gasteiger charge is -2.40. The highest BCUT2D eigenvalue weighted by Crippen LogP contribution is 2.38. The number of cyclic esters (lactones) is 1. The predicted octanol–water partition coefficient (Wildman–Crippen LogP) is 2.52. The molecule has 0 bridgehead atoms. The van der Waals surface area contributed by atoms with Crippen molar-refractivity contribution in [2.45, 2.75) is 57.3 Å². The predicted molar refractivity (Wildman–Crippen MR) is 145 cm³/mol. The van der Waals surface area contributed by atoms with Gasteiger partial charge in [-0.15, -0.1) is 0 Å². The van der Waals surface area contributed by atoms with Crippen molar-refractivity contribution in [3.05, 3.63) is 60.0 Å². The van der Waals surface area contributed by atoms with Gasteiger partial charge in [0.1, 0.15) is 12.7 Å². The molecule has 10 heteroatoms. The fraction of sp³-hybridized carbons (Fsp3) is 0.517. The number of amides is 1. The normalized spacial score (nSPS) is 23.5. The second-order valence-electron chi connectivity index (χ2n) is 10.8. The summed E-state index contributed by atoms with van der Waals surface area (Å²) < 4.78 is 5.59. The van der Waals surface area contributed by atoms with Gasteiger partial charge in [-0.1, -0.05) is 30.7 Å². The van der Waals surface area contributed by atoms with Crippen molar-refractivity contribution in [1.82, 2.24) is 25.0 Å². The zero-order chi connectivity index (χ0) is 27.2. The van der Waals surface area contributed by atoms with Crippen LogP contribution in [-0.2, 0) is 16.1 Å². The first-order valence-corrected chi connectivity index (χ1v) is 13.8. The summed E-state index contributed by atoms with van der Waals surface area (Å²) in [4.78, 5) is 35.2. The van der Waals surface area contributed by atoms with Crippen LogP contribution in [0.5, 0.6) is 0 Å². The first-order chi connectivity index (χ1) is 18.9. The summed E-state index contributed by atoms with van der Waals surface area (Å²) >= 11 is 0. The summed E-state index contributed by atoms with van der Waals surface area (Å²) in [7, 11) is 0. The van der Waals surface area contributed by atoms with E-state index in [0.29, 0.717) is 37.9 Å². The number of pyridine rings is 1. The molecule has 39 heavy (non-hydrogen) atoms. The van der Waals surface area contributed by atoms with Crippen LogP contribution in [0.25, 0.3) is 10.9 Å². The number of carbonyl (C=O) groups is 2. The molecule has 2 aliphatic rings. The zero-order valence-electron chi connectivity index (χ0n) is 22.2. The number of rotatable bonds is 3. The van der Waals surface area contributed by atoms with Crippen LogP contribution in [0.15, 0.2) is 48.7 Å². The minimum Gasteiger partial charge on any atom is -0.462 e. The number of aromatic nitrogens is 3. The van der Waals surface area contributed by atoms with Crippen LogP contribution in [0.3, 0.4) is 0 Å². The van der Waals surface area contributed by atoms with E-state index in [9.17, 15) is 19.8 Å². The quantitative estimate of drug-likeness (QED) is 0.436. The van der Waals surface area contributed by atoms with Gasteiger partial charge in [-0.2, -0.15) is 5.10 Å². The van der Waals surface area contributed by atoms with Crippen molar-refractivity contribution in [3.63, 3.8) is 0 Å². The summed E-state index contributed by atoms with van der Waals surface area (Å²) in [5.41, 5.74) is 1.49. The molecule has 0 saturated carbocycles. The number of benzene rings is 1. The molecule has 10 nitrogen and oxygen atoms in total. The second kappa shape index (κ2) is 12.2. The Kier molecular flexibility index (Phi) is 8.54. The van der Waals surface area contributed by atoms with E-state index in [1.165, 1.54) is 0 Å². The minimum atomic E-state index is -1.22. The van der Waals surface area contributed by atoms with Crippen molar-refractivity contribution in [1.29, 1.82) is 0 Å². The molecule has 1 spiro atoms. The Bertz CT molecular complexity index is 1260. The van der Waals surface area contributed by atoms with E-state index >= 15 is 0 Å². The van der Waals surface area contributed by atoms with E-state index in [1.54, 1.807) is 11.1 Å². The van der Waals surface area contributed by atoms with Gasteiger partial charge in [0.2, 0.25) is 0 Å². The van der Waals surface area contributed by atoms with Crippen molar-refractivity contribution < 1.29 is 24.5 Å². The van der Waals surface area contributed by atoms with Crippen LogP contribution in [0.1, 0.15) is 54.7 Å². The molecule has 2 aliphatic heterocycles. The fourth-order valence-corrected chi connectivity index (χ4v) is 5.68. The van der Waals surface area contributed by atoms with Crippen LogP contribution in [0.2, 0.25) is 0 Å². The van der Waals surface area contributed by atoms with E-state index < -0.39 is 17.6 Å². The smallest absolute Gasteiger partial charge is 0.312 e. The molecule has 5 rings (SSSR count). The van der Waals surface area contributed by atoms with E-state index in [-0.39, 0.29) is 31.4 Å². The lowest BCUT2D eigenvalue weighted by molar-refractivity contribution is -0.165. The molecular formula is C29H37N5O5. The number of hydrogen-bond donors (Lipinski definition) is 3. The largest absolute Gasteiger partial charge is 0.462 e. The highest BCUT2D eigenvalue weighted by Gasteiger charge is 2.43. The van der Waals surface area contributed by atoms with E-state index in [1.807, 2.05) is 42.5 Å². The minimum absolute atomic E-state index is 0.167.